The molecule has 1 aliphatic carbocycles. The molecule has 0 amide bonds. The Hall–Kier alpha value is -0.410. The van der Waals surface area contributed by atoms with Crippen LogP contribution in [0.25, 0.3) is 0 Å². The van der Waals surface area contributed by atoms with E-state index in [9.17, 15) is 4.79 Å². The summed E-state index contributed by atoms with van der Waals surface area (Å²) in [5.74, 6) is 0.438. The second-order valence-corrected chi connectivity index (χ2v) is 5.68. The van der Waals surface area contributed by atoms with Crippen molar-refractivity contribution < 1.29 is 9.53 Å². The Kier molecular flexibility index (Phi) is 4.21. The van der Waals surface area contributed by atoms with Crippen molar-refractivity contribution in [2.24, 2.45) is 0 Å². The zero-order valence-electron chi connectivity index (χ0n) is 11.2. The molecule has 3 nitrogen and oxygen atoms in total. The van der Waals surface area contributed by atoms with Gasteiger partial charge in [-0.1, -0.05) is 0 Å². The van der Waals surface area contributed by atoms with Gasteiger partial charge in [-0.2, -0.15) is 0 Å². The van der Waals surface area contributed by atoms with Gasteiger partial charge in [0.2, 0.25) is 0 Å². The lowest BCUT2D eigenvalue weighted by Gasteiger charge is -2.47. The lowest BCUT2D eigenvalue weighted by Crippen LogP contribution is -2.52. The molecule has 0 atom stereocenters. The van der Waals surface area contributed by atoms with Crippen LogP contribution >= 0.6 is 0 Å². The van der Waals surface area contributed by atoms with E-state index in [0.29, 0.717) is 17.4 Å². The molecular weight excluding hydrogens is 214 g/mol. The molecule has 0 spiro atoms. The van der Waals surface area contributed by atoms with Gasteiger partial charge < -0.3 is 4.74 Å². The van der Waals surface area contributed by atoms with Crippen molar-refractivity contribution in [1.29, 1.82) is 0 Å². The van der Waals surface area contributed by atoms with Gasteiger partial charge in [-0.05, 0) is 39.5 Å². The van der Waals surface area contributed by atoms with Gasteiger partial charge in [0.25, 0.3) is 0 Å². The summed E-state index contributed by atoms with van der Waals surface area (Å²) in [6.45, 7) is 7.21. The minimum atomic E-state index is 0.314. The zero-order chi connectivity index (χ0) is 12.3. The number of hydrogen-bond donors (Lipinski definition) is 0. The first-order valence-electron chi connectivity index (χ1n) is 7.02. The average Bonchev–Trinajstić information content (AvgIpc) is 2.33. The van der Waals surface area contributed by atoms with Gasteiger partial charge in [-0.3, -0.25) is 9.69 Å². The molecule has 1 heterocycles. The van der Waals surface area contributed by atoms with Gasteiger partial charge in [0, 0.05) is 38.1 Å². The fraction of sp³-hybridized carbons (Fsp3) is 0.929. The van der Waals surface area contributed by atoms with E-state index in [2.05, 4.69) is 18.7 Å². The Labute approximate surface area is 105 Å². The Bertz CT molecular complexity index is 259. The Morgan fingerprint density at radius 2 is 1.88 bits per heavy atom. The normalized spacial score (nSPS) is 36.1. The number of ketones is 1. The number of carbonyl (C=O) groups is 1. The fourth-order valence-corrected chi connectivity index (χ4v) is 3.23. The van der Waals surface area contributed by atoms with Gasteiger partial charge in [0.1, 0.15) is 5.78 Å². The molecule has 0 aromatic carbocycles. The Morgan fingerprint density at radius 1 is 1.29 bits per heavy atom. The maximum atomic E-state index is 11.3. The number of hydrogen-bond acceptors (Lipinski definition) is 3. The number of likely N-dealkylation sites (tertiary alicyclic amines) is 1. The van der Waals surface area contributed by atoms with E-state index in [0.717, 1.165) is 32.5 Å². The van der Waals surface area contributed by atoms with Crippen LogP contribution in [-0.2, 0) is 9.53 Å². The van der Waals surface area contributed by atoms with E-state index in [1.165, 1.54) is 25.7 Å². The van der Waals surface area contributed by atoms with Crippen LogP contribution in [0.4, 0.5) is 0 Å². The number of rotatable bonds is 3. The molecule has 0 radical (unpaired) electrons. The summed E-state index contributed by atoms with van der Waals surface area (Å²) in [7, 11) is 0. The third-order valence-electron chi connectivity index (χ3n) is 4.50. The highest BCUT2D eigenvalue weighted by Gasteiger charge is 2.37. The minimum Gasteiger partial charge on any atom is -0.379 e. The molecular formula is C14H25NO2. The van der Waals surface area contributed by atoms with E-state index < -0.39 is 0 Å². The summed E-state index contributed by atoms with van der Waals surface area (Å²) in [5, 5.41) is 0. The van der Waals surface area contributed by atoms with Crippen LogP contribution in [0.15, 0.2) is 0 Å². The van der Waals surface area contributed by atoms with Gasteiger partial charge in [0.05, 0.1) is 6.10 Å². The molecule has 0 unspecified atom stereocenters. The standard InChI is InChI=1S/C14H25NO2/c1-3-17-13-4-8-14(2,9-5-13)15-10-6-12(16)7-11-15/h13H,3-11H2,1-2H3/t13-,14-. The summed E-state index contributed by atoms with van der Waals surface area (Å²) in [6, 6.07) is 0. The number of piperidine rings is 1. The first kappa shape index (κ1) is 13.0. The largest absolute Gasteiger partial charge is 0.379 e. The molecule has 1 saturated carbocycles. The summed E-state index contributed by atoms with van der Waals surface area (Å²) in [5.41, 5.74) is 0.314. The number of ether oxygens (including phenoxy) is 1. The van der Waals surface area contributed by atoms with Crippen molar-refractivity contribution in [1.82, 2.24) is 4.90 Å². The molecule has 0 aromatic rings. The molecule has 1 saturated heterocycles. The van der Waals surface area contributed by atoms with Crippen molar-refractivity contribution in [3.8, 4) is 0 Å². The van der Waals surface area contributed by atoms with Crippen LogP contribution in [0.1, 0.15) is 52.4 Å². The second kappa shape index (κ2) is 5.49. The molecule has 0 bridgehead atoms. The van der Waals surface area contributed by atoms with Crippen LogP contribution in [0.2, 0.25) is 0 Å². The molecule has 3 heteroatoms. The highest BCUT2D eigenvalue weighted by molar-refractivity contribution is 5.79. The smallest absolute Gasteiger partial charge is 0.135 e. The van der Waals surface area contributed by atoms with Crippen molar-refractivity contribution in [2.45, 2.75) is 64.0 Å². The van der Waals surface area contributed by atoms with Crippen molar-refractivity contribution in [3.63, 3.8) is 0 Å². The van der Waals surface area contributed by atoms with Gasteiger partial charge in [-0.25, -0.2) is 0 Å². The molecule has 2 fully saturated rings. The van der Waals surface area contributed by atoms with Gasteiger partial charge >= 0.3 is 0 Å². The van der Waals surface area contributed by atoms with E-state index in [4.69, 9.17) is 4.74 Å². The second-order valence-electron chi connectivity index (χ2n) is 5.68. The zero-order valence-corrected chi connectivity index (χ0v) is 11.2. The SMILES string of the molecule is CCO[C@H]1CC[C@](C)(N2CCC(=O)CC2)CC1. The van der Waals surface area contributed by atoms with Crippen molar-refractivity contribution >= 4 is 5.78 Å². The van der Waals surface area contributed by atoms with Gasteiger partial charge in [0.15, 0.2) is 0 Å². The highest BCUT2D eigenvalue weighted by Crippen LogP contribution is 2.35. The summed E-state index contributed by atoms with van der Waals surface area (Å²) in [6.07, 6.45) is 6.76. The quantitative estimate of drug-likeness (QED) is 0.757. The van der Waals surface area contributed by atoms with E-state index in [-0.39, 0.29) is 0 Å². The lowest BCUT2D eigenvalue weighted by atomic mass is 9.79. The summed E-state index contributed by atoms with van der Waals surface area (Å²) in [4.78, 5) is 13.8. The van der Waals surface area contributed by atoms with E-state index in [1.807, 2.05) is 0 Å². The Morgan fingerprint density at radius 3 is 2.41 bits per heavy atom. The third-order valence-corrected chi connectivity index (χ3v) is 4.50. The molecule has 2 rings (SSSR count). The molecule has 0 N–H and O–H groups in total. The first-order chi connectivity index (χ1) is 8.14. The third kappa shape index (κ3) is 3.08. The summed E-state index contributed by atoms with van der Waals surface area (Å²) < 4.78 is 5.71. The molecule has 98 valence electrons. The molecule has 2 aliphatic rings. The van der Waals surface area contributed by atoms with Crippen LogP contribution in [-0.4, -0.2) is 42.0 Å². The highest BCUT2D eigenvalue weighted by atomic mass is 16.5. The van der Waals surface area contributed by atoms with Gasteiger partial charge in [-0.15, -0.1) is 0 Å². The average molecular weight is 239 g/mol. The monoisotopic (exact) mass is 239 g/mol. The van der Waals surface area contributed by atoms with Crippen molar-refractivity contribution in [3.05, 3.63) is 0 Å². The molecule has 17 heavy (non-hydrogen) atoms. The molecule has 0 aromatic heterocycles. The van der Waals surface area contributed by atoms with Crippen LogP contribution in [0.3, 0.4) is 0 Å². The topological polar surface area (TPSA) is 29.5 Å². The van der Waals surface area contributed by atoms with Crippen molar-refractivity contribution in [2.75, 3.05) is 19.7 Å². The predicted molar refractivity (Wildman–Crippen MR) is 68.1 cm³/mol. The number of Topliss-reactive ketones (excluding diaryl/α,β-unsaturated/α-hetero) is 1. The first-order valence-corrected chi connectivity index (χ1v) is 7.02. The van der Waals surface area contributed by atoms with Crippen LogP contribution in [0, 0.1) is 0 Å². The van der Waals surface area contributed by atoms with E-state index >= 15 is 0 Å². The summed E-state index contributed by atoms with van der Waals surface area (Å²) >= 11 is 0. The molecule has 1 aliphatic heterocycles. The van der Waals surface area contributed by atoms with Crippen LogP contribution < -0.4 is 0 Å². The Balaban J connectivity index is 1.86. The maximum Gasteiger partial charge on any atom is 0.135 e. The lowest BCUT2D eigenvalue weighted by molar-refractivity contribution is -0.123. The predicted octanol–water partition coefficient (Wildman–Crippen LogP) is 2.39. The minimum absolute atomic E-state index is 0.314. The van der Waals surface area contributed by atoms with Crippen LogP contribution in [0.5, 0.6) is 0 Å². The number of nitrogens with zero attached hydrogens (tertiary/aromatic N) is 1. The fourth-order valence-electron chi connectivity index (χ4n) is 3.23. The maximum absolute atomic E-state index is 11.3. The number of carbonyl (C=O) groups excluding carboxylic acids is 1. The van der Waals surface area contributed by atoms with E-state index in [1.54, 1.807) is 0 Å².